The zero-order valence-electron chi connectivity index (χ0n) is 12.3. The van der Waals surface area contributed by atoms with Gasteiger partial charge in [0.05, 0.1) is 0 Å². The van der Waals surface area contributed by atoms with Crippen LogP contribution in [0.5, 0.6) is 0 Å². The van der Waals surface area contributed by atoms with Crippen LogP contribution in [0.15, 0.2) is 18.2 Å². The highest BCUT2D eigenvalue weighted by Gasteiger charge is 2.27. The molecule has 0 aliphatic carbocycles. The SMILES string of the molecule is CC1CN(Cc2cccc3c2NCC3)CC(C)N1C. The summed E-state index contributed by atoms with van der Waals surface area (Å²) in [6, 6.07) is 8.05. The summed E-state index contributed by atoms with van der Waals surface area (Å²) in [7, 11) is 2.24. The topological polar surface area (TPSA) is 18.5 Å². The lowest BCUT2D eigenvalue weighted by atomic mass is 10.0. The first-order valence-electron chi connectivity index (χ1n) is 7.44. The quantitative estimate of drug-likeness (QED) is 0.878. The van der Waals surface area contributed by atoms with Gasteiger partial charge in [0, 0.05) is 44.0 Å². The second kappa shape index (κ2) is 5.14. The summed E-state index contributed by atoms with van der Waals surface area (Å²) in [5.41, 5.74) is 4.37. The average molecular weight is 259 g/mol. The van der Waals surface area contributed by atoms with Gasteiger partial charge in [0.2, 0.25) is 0 Å². The lowest BCUT2D eigenvalue weighted by Gasteiger charge is -2.42. The molecule has 0 amide bonds. The standard InChI is InChI=1S/C16H25N3/c1-12-9-19(10-13(2)18(12)3)11-15-6-4-5-14-7-8-17-16(14)15/h4-6,12-13,17H,7-11H2,1-3H3. The van der Waals surface area contributed by atoms with Crippen LogP contribution in [0.2, 0.25) is 0 Å². The van der Waals surface area contributed by atoms with Gasteiger partial charge in [0.25, 0.3) is 0 Å². The van der Waals surface area contributed by atoms with Crippen molar-refractivity contribution in [3.8, 4) is 0 Å². The normalized spacial score (nSPS) is 28.2. The molecule has 1 saturated heterocycles. The molecule has 0 spiro atoms. The summed E-state index contributed by atoms with van der Waals surface area (Å²) < 4.78 is 0. The maximum absolute atomic E-state index is 3.55. The summed E-state index contributed by atoms with van der Waals surface area (Å²) >= 11 is 0. The number of piperazine rings is 1. The summed E-state index contributed by atoms with van der Waals surface area (Å²) in [4.78, 5) is 5.09. The molecule has 2 aliphatic rings. The molecule has 3 rings (SSSR count). The minimum atomic E-state index is 0.647. The van der Waals surface area contributed by atoms with Crippen molar-refractivity contribution in [2.24, 2.45) is 0 Å². The highest BCUT2D eigenvalue weighted by atomic mass is 15.3. The summed E-state index contributed by atoms with van der Waals surface area (Å²) in [5.74, 6) is 0. The van der Waals surface area contributed by atoms with E-state index in [9.17, 15) is 0 Å². The predicted molar refractivity (Wildman–Crippen MR) is 80.6 cm³/mol. The second-order valence-electron chi connectivity index (χ2n) is 6.19. The molecule has 3 heteroatoms. The fraction of sp³-hybridized carbons (Fsp3) is 0.625. The first-order chi connectivity index (χ1) is 9.15. The molecule has 0 bridgehead atoms. The van der Waals surface area contributed by atoms with Crippen LogP contribution in [0.1, 0.15) is 25.0 Å². The smallest absolute Gasteiger partial charge is 0.0419 e. The Kier molecular flexibility index (Phi) is 3.50. The minimum Gasteiger partial charge on any atom is -0.384 e. The number of para-hydroxylation sites is 1. The van der Waals surface area contributed by atoms with E-state index in [1.54, 1.807) is 0 Å². The Morgan fingerprint density at radius 1 is 1.21 bits per heavy atom. The molecule has 1 aromatic rings. The molecule has 2 heterocycles. The Morgan fingerprint density at radius 3 is 2.68 bits per heavy atom. The van der Waals surface area contributed by atoms with Crippen molar-refractivity contribution >= 4 is 5.69 Å². The van der Waals surface area contributed by atoms with E-state index >= 15 is 0 Å². The molecule has 3 nitrogen and oxygen atoms in total. The van der Waals surface area contributed by atoms with Crippen molar-refractivity contribution in [2.45, 2.75) is 38.9 Å². The van der Waals surface area contributed by atoms with E-state index in [-0.39, 0.29) is 0 Å². The highest BCUT2D eigenvalue weighted by molar-refractivity contribution is 5.61. The van der Waals surface area contributed by atoms with Crippen LogP contribution in [-0.4, -0.2) is 48.6 Å². The number of nitrogens with one attached hydrogen (secondary N) is 1. The molecule has 0 saturated carbocycles. The zero-order chi connectivity index (χ0) is 13.4. The first-order valence-corrected chi connectivity index (χ1v) is 7.44. The molecule has 2 unspecified atom stereocenters. The van der Waals surface area contributed by atoms with Crippen molar-refractivity contribution < 1.29 is 0 Å². The molecule has 1 aromatic carbocycles. The van der Waals surface area contributed by atoms with Gasteiger partial charge < -0.3 is 5.32 Å². The van der Waals surface area contributed by atoms with Crippen molar-refractivity contribution in [1.29, 1.82) is 0 Å². The van der Waals surface area contributed by atoms with E-state index in [4.69, 9.17) is 0 Å². The lowest BCUT2D eigenvalue weighted by molar-refractivity contribution is 0.0557. The molecule has 2 atom stereocenters. The Bertz CT molecular complexity index is 445. The third-order valence-electron chi connectivity index (χ3n) is 4.76. The van der Waals surface area contributed by atoms with Crippen molar-refractivity contribution in [3.63, 3.8) is 0 Å². The Labute approximate surface area is 116 Å². The highest BCUT2D eigenvalue weighted by Crippen LogP contribution is 2.28. The zero-order valence-corrected chi connectivity index (χ0v) is 12.3. The van der Waals surface area contributed by atoms with Crippen molar-refractivity contribution in [3.05, 3.63) is 29.3 Å². The Hall–Kier alpha value is -1.06. The van der Waals surface area contributed by atoms with E-state index in [1.165, 1.54) is 36.3 Å². The van der Waals surface area contributed by atoms with Gasteiger partial charge in [-0.2, -0.15) is 0 Å². The molecule has 19 heavy (non-hydrogen) atoms. The molecule has 1 N–H and O–H groups in total. The van der Waals surface area contributed by atoms with Gasteiger partial charge in [-0.25, -0.2) is 0 Å². The fourth-order valence-corrected chi connectivity index (χ4v) is 3.43. The van der Waals surface area contributed by atoms with Crippen LogP contribution < -0.4 is 5.32 Å². The summed E-state index contributed by atoms with van der Waals surface area (Å²) in [6.07, 6.45) is 1.18. The largest absolute Gasteiger partial charge is 0.384 e. The maximum atomic E-state index is 3.55. The number of hydrogen-bond acceptors (Lipinski definition) is 3. The van der Waals surface area contributed by atoms with Crippen molar-refractivity contribution in [1.82, 2.24) is 9.80 Å². The van der Waals surface area contributed by atoms with Gasteiger partial charge in [-0.3, -0.25) is 9.80 Å². The molecule has 0 radical (unpaired) electrons. The number of hydrogen-bond donors (Lipinski definition) is 1. The van der Waals surface area contributed by atoms with Crippen LogP contribution in [0.4, 0.5) is 5.69 Å². The van der Waals surface area contributed by atoms with E-state index < -0.39 is 0 Å². The van der Waals surface area contributed by atoms with Gasteiger partial charge in [-0.15, -0.1) is 0 Å². The van der Waals surface area contributed by atoms with E-state index in [2.05, 4.69) is 54.2 Å². The van der Waals surface area contributed by atoms with Gasteiger partial charge >= 0.3 is 0 Å². The molecule has 2 aliphatic heterocycles. The third-order valence-corrected chi connectivity index (χ3v) is 4.76. The van der Waals surface area contributed by atoms with Crippen LogP contribution in [0.3, 0.4) is 0 Å². The van der Waals surface area contributed by atoms with Crippen LogP contribution >= 0.6 is 0 Å². The molecule has 104 valence electrons. The van der Waals surface area contributed by atoms with Gasteiger partial charge in [-0.1, -0.05) is 18.2 Å². The van der Waals surface area contributed by atoms with E-state index in [1.807, 2.05) is 0 Å². The maximum Gasteiger partial charge on any atom is 0.0419 e. The lowest BCUT2D eigenvalue weighted by Crippen LogP contribution is -2.54. The third kappa shape index (κ3) is 2.49. The van der Waals surface area contributed by atoms with Crippen LogP contribution in [-0.2, 0) is 13.0 Å². The number of fused-ring (bicyclic) bond motifs is 1. The van der Waals surface area contributed by atoms with Gasteiger partial charge in [-0.05, 0) is 38.4 Å². The first kappa shape index (κ1) is 12.9. The van der Waals surface area contributed by atoms with Crippen LogP contribution in [0.25, 0.3) is 0 Å². The molecule has 0 aromatic heterocycles. The van der Waals surface area contributed by atoms with Crippen molar-refractivity contribution in [2.75, 3.05) is 32.0 Å². The monoisotopic (exact) mass is 259 g/mol. The number of likely N-dealkylation sites (N-methyl/N-ethyl adjacent to an activating group) is 1. The number of benzene rings is 1. The fourth-order valence-electron chi connectivity index (χ4n) is 3.43. The predicted octanol–water partition coefficient (Wildman–Crippen LogP) is 2.18. The van der Waals surface area contributed by atoms with Gasteiger partial charge in [0.15, 0.2) is 0 Å². The Morgan fingerprint density at radius 2 is 1.95 bits per heavy atom. The minimum absolute atomic E-state index is 0.647. The number of nitrogens with zero attached hydrogens (tertiary/aromatic N) is 2. The summed E-state index contributed by atoms with van der Waals surface area (Å²) in [6.45, 7) is 9.18. The molecule has 1 fully saturated rings. The number of anilines is 1. The van der Waals surface area contributed by atoms with E-state index in [0.717, 1.165) is 13.1 Å². The molecular formula is C16H25N3. The Balaban J connectivity index is 1.74. The number of rotatable bonds is 2. The van der Waals surface area contributed by atoms with Crippen LogP contribution in [0, 0.1) is 0 Å². The second-order valence-corrected chi connectivity index (χ2v) is 6.19. The molecular weight excluding hydrogens is 234 g/mol. The van der Waals surface area contributed by atoms with E-state index in [0.29, 0.717) is 12.1 Å². The van der Waals surface area contributed by atoms with Gasteiger partial charge in [0.1, 0.15) is 0 Å². The summed E-state index contributed by atoms with van der Waals surface area (Å²) in [5, 5.41) is 3.55. The average Bonchev–Trinajstić information content (AvgIpc) is 2.85.